The molecule has 282 valence electrons. The van der Waals surface area contributed by atoms with Gasteiger partial charge in [-0.1, -0.05) is 58.6 Å². The molecule has 0 aromatic heterocycles. The first-order valence-electron chi connectivity index (χ1n) is 20.2. The molecule has 7 aliphatic rings. The summed E-state index contributed by atoms with van der Waals surface area (Å²) in [6, 6.07) is 0. The standard InChI is InChI=1S/C41H66N2O7/c1-5-6-7-8-9-27-22-50-36(23(27)2)37(47)39(4,48)33-14-15-41(49)29-17-30(44)28-16-31(45)32(46)20-40(28)19-24(26-12-13-34(42)43-21-26)10-11-25(35(29)40)18-38(33,41)3/h10-11,17,23-28,31-37,43,45-49H,5-9,12-16,18-22,42H2,1-4H3/t23-,24-,25-,26?,27-,28-,31+,32-,33+,34?,35-,36+,37+,38+,39+,40-,41-/m0/s1. The predicted molar refractivity (Wildman–Crippen MR) is 191 cm³/mol. The number of unbranched alkanes of at least 4 members (excludes halogenated alkanes) is 3. The van der Waals surface area contributed by atoms with Crippen molar-refractivity contribution in [2.24, 2.45) is 63.9 Å². The maximum atomic E-state index is 14.3. The Hall–Kier alpha value is -1.17. The van der Waals surface area contributed by atoms with Gasteiger partial charge in [0.05, 0.1) is 42.3 Å². The molecule has 2 aliphatic heterocycles. The van der Waals surface area contributed by atoms with E-state index in [2.05, 4.69) is 38.2 Å². The highest BCUT2D eigenvalue weighted by Gasteiger charge is 2.72. The number of hydrogen-bond donors (Lipinski definition) is 7. The van der Waals surface area contributed by atoms with E-state index in [1.54, 1.807) is 13.0 Å². The Morgan fingerprint density at radius 3 is 2.56 bits per heavy atom. The fourth-order valence-electron chi connectivity index (χ4n) is 13.1. The number of piperidine rings is 1. The van der Waals surface area contributed by atoms with Gasteiger partial charge < -0.3 is 41.3 Å². The molecule has 5 aliphatic carbocycles. The molecule has 2 unspecified atom stereocenters. The van der Waals surface area contributed by atoms with Gasteiger partial charge in [-0.25, -0.2) is 0 Å². The minimum absolute atomic E-state index is 0.0186. The minimum Gasteiger partial charge on any atom is -0.390 e. The van der Waals surface area contributed by atoms with Crippen LogP contribution in [0.2, 0.25) is 0 Å². The molecule has 2 heterocycles. The van der Waals surface area contributed by atoms with Crippen molar-refractivity contribution >= 4 is 5.78 Å². The minimum atomic E-state index is -1.53. The SMILES string of the molecule is CCCCCC[C@H]1CO[C@@H]([C@@H](O)[C@](C)(O)[C@@H]2CC[C@]3(O)C4=CC(=O)[C@@H]5C[C@@H](O)[C@@H](O)C[C@@]56C[C@@H](C5CCC(N)NC5)C=C[C@@H](C[C@]23C)[C@@H]46)[C@H]1C. The fraction of sp³-hybridized carbons (Fsp3) is 0.878. The maximum absolute atomic E-state index is 14.3. The molecular formula is C41H66N2O7. The maximum Gasteiger partial charge on any atom is 0.159 e. The number of allylic oxidation sites excluding steroid dienone is 3. The number of nitrogens with one attached hydrogen (secondary N) is 1. The number of nitrogens with two attached hydrogens (primary N) is 1. The van der Waals surface area contributed by atoms with Crippen LogP contribution in [-0.2, 0) is 9.53 Å². The Labute approximate surface area is 299 Å². The fourth-order valence-corrected chi connectivity index (χ4v) is 13.1. The van der Waals surface area contributed by atoms with Gasteiger partial charge >= 0.3 is 0 Å². The predicted octanol–water partition coefficient (Wildman–Crippen LogP) is 3.99. The lowest BCUT2D eigenvalue weighted by molar-refractivity contribution is -0.201. The van der Waals surface area contributed by atoms with Crippen LogP contribution in [0.4, 0.5) is 0 Å². The summed E-state index contributed by atoms with van der Waals surface area (Å²) in [6.07, 6.45) is 13.3. The first-order valence-corrected chi connectivity index (χ1v) is 20.2. The molecule has 5 fully saturated rings. The van der Waals surface area contributed by atoms with Crippen molar-refractivity contribution in [1.82, 2.24) is 5.32 Å². The second-order valence-electron chi connectivity index (χ2n) is 18.6. The third-order valence-corrected chi connectivity index (χ3v) is 16.0. The Morgan fingerprint density at radius 1 is 1.08 bits per heavy atom. The number of carbonyl (C=O) groups excluding carboxylic acids is 1. The molecule has 17 atom stereocenters. The largest absolute Gasteiger partial charge is 0.390 e. The molecule has 0 aromatic rings. The summed E-state index contributed by atoms with van der Waals surface area (Å²) in [7, 11) is 0. The van der Waals surface area contributed by atoms with Gasteiger partial charge in [-0.3, -0.25) is 4.79 Å². The summed E-state index contributed by atoms with van der Waals surface area (Å²) in [5.74, 6) is -0.161. The Balaban J connectivity index is 1.22. The quantitative estimate of drug-likeness (QED) is 0.139. The van der Waals surface area contributed by atoms with Gasteiger partial charge in [0.1, 0.15) is 6.10 Å². The number of hydrogen-bond acceptors (Lipinski definition) is 9. The lowest BCUT2D eigenvalue weighted by Crippen LogP contribution is -2.66. The first kappa shape index (κ1) is 37.2. The van der Waals surface area contributed by atoms with Crippen LogP contribution in [0.15, 0.2) is 23.8 Å². The molecule has 9 nitrogen and oxygen atoms in total. The van der Waals surface area contributed by atoms with Crippen molar-refractivity contribution < 1.29 is 35.1 Å². The van der Waals surface area contributed by atoms with Gasteiger partial charge in [-0.05, 0) is 130 Å². The summed E-state index contributed by atoms with van der Waals surface area (Å²) in [6.45, 7) is 9.56. The second kappa shape index (κ2) is 13.6. The first-order chi connectivity index (χ1) is 23.7. The van der Waals surface area contributed by atoms with E-state index in [4.69, 9.17) is 10.5 Å². The Bertz CT molecular complexity index is 1330. The molecule has 0 radical (unpaired) electrons. The molecule has 1 spiro atoms. The van der Waals surface area contributed by atoms with Crippen LogP contribution in [0.1, 0.15) is 111 Å². The van der Waals surface area contributed by atoms with Crippen LogP contribution in [0.25, 0.3) is 0 Å². The molecule has 0 amide bonds. The van der Waals surface area contributed by atoms with Gasteiger partial charge in [0.25, 0.3) is 0 Å². The van der Waals surface area contributed by atoms with Crippen LogP contribution < -0.4 is 11.1 Å². The van der Waals surface area contributed by atoms with Gasteiger partial charge in [0, 0.05) is 11.3 Å². The number of carbonyl (C=O) groups is 1. The third-order valence-electron chi connectivity index (χ3n) is 16.0. The van der Waals surface area contributed by atoms with Crippen LogP contribution in [0.3, 0.4) is 0 Å². The average Bonchev–Trinajstić information content (AvgIpc) is 3.52. The molecule has 50 heavy (non-hydrogen) atoms. The normalized spacial score (nSPS) is 50.4. The average molecular weight is 699 g/mol. The zero-order valence-electron chi connectivity index (χ0n) is 31.0. The van der Waals surface area contributed by atoms with Crippen LogP contribution in [0, 0.1) is 58.2 Å². The van der Waals surface area contributed by atoms with Crippen LogP contribution in [-0.4, -0.2) is 86.3 Å². The molecule has 0 bridgehead atoms. The number of aliphatic hydroxyl groups is 5. The van der Waals surface area contributed by atoms with E-state index < -0.39 is 58.3 Å². The highest BCUT2D eigenvalue weighted by Crippen LogP contribution is 2.72. The second-order valence-corrected chi connectivity index (χ2v) is 18.6. The van der Waals surface area contributed by atoms with Gasteiger partial charge in [-0.2, -0.15) is 0 Å². The number of fused-ring (bicyclic) bond motifs is 2. The number of aliphatic hydroxyl groups excluding tert-OH is 3. The number of ether oxygens (including phenoxy) is 1. The van der Waals surface area contributed by atoms with E-state index in [1.165, 1.54) is 19.3 Å². The summed E-state index contributed by atoms with van der Waals surface area (Å²) in [4.78, 5) is 14.3. The molecule has 2 saturated heterocycles. The van der Waals surface area contributed by atoms with Crippen molar-refractivity contribution in [3.05, 3.63) is 23.8 Å². The molecule has 3 saturated carbocycles. The van der Waals surface area contributed by atoms with E-state index in [0.717, 1.165) is 37.8 Å². The number of rotatable bonds is 9. The monoisotopic (exact) mass is 698 g/mol. The lowest BCUT2D eigenvalue weighted by atomic mass is 9.42. The zero-order chi connectivity index (χ0) is 35.8. The number of ketones is 1. The summed E-state index contributed by atoms with van der Waals surface area (Å²) < 4.78 is 6.27. The van der Waals surface area contributed by atoms with Crippen molar-refractivity contribution in [2.75, 3.05) is 13.2 Å². The van der Waals surface area contributed by atoms with Gasteiger partial charge in [-0.15, -0.1) is 0 Å². The topological polar surface area (TPSA) is 166 Å². The smallest absolute Gasteiger partial charge is 0.159 e. The molecule has 7 rings (SSSR count). The molecule has 0 aromatic carbocycles. The van der Waals surface area contributed by atoms with E-state index in [0.29, 0.717) is 50.5 Å². The zero-order valence-corrected chi connectivity index (χ0v) is 31.0. The molecule has 9 heteroatoms. The van der Waals surface area contributed by atoms with Crippen molar-refractivity contribution in [1.29, 1.82) is 0 Å². The van der Waals surface area contributed by atoms with E-state index in [1.807, 2.05) is 0 Å². The third kappa shape index (κ3) is 5.75. The Kier molecular flexibility index (Phi) is 10.1. The lowest BCUT2D eigenvalue weighted by Gasteiger charge is -2.63. The van der Waals surface area contributed by atoms with Gasteiger partial charge in [0.15, 0.2) is 5.78 Å². The van der Waals surface area contributed by atoms with Crippen LogP contribution >= 0.6 is 0 Å². The summed E-state index contributed by atoms with van der Waals surface area (Å²) in [5, 5.41) is 63.2. The van der Waals surface area contributed by atoms with Crippen molar-refractivity contribution in [3.8, 4) is 0 Å². The van der Waals surface area contributed by atoms with E-state index >= 15 is 0 Å². The summed E-state index contributed by atoms with van der Waals surface area (Å²) in [5.41, 5.74) is 2.65. The van der Waals surface area contributed by atoms with E-state index in [-0.39, 0.29) is 42.0 Å². The molecular weight excluding hydrogens is 632 g/mol. The van der Waals surface area contributed by atoms with Crippen molar-refractivity contribution in [2.45, 2.75) is 153 Å². The highest BCUT2D eigenvalue weighted by molar-refractivity contribution is 5.95. The Morgan fingerprint density at radius 2 is 1.84 bits per heavy atom. The van der Waals surface area contributed by atoms with Crippen molar-refractivity contribution in [3.63, 3.8) is 0 Å². The van der Waals surface area contributed by atoms with E-state index in [9.17, 15) is 30.3 Å². The molecule has 8 N–H and O–H groups in total. The van der Waals surface area contributed by atoms with Crippen LogP contribution in [0.5, 0.6) is 0 Å². The summed E-state index contributed by atoms with van der Waals surface area (Å²) >= 11 is 0. The highest BCUT2D eigenvalue weighted by atomic mass is 16.5. The van der Waals surface area contributed by atoms with Gasteiger partial charge in [0.2, 0.25) is 0 Å².